The summed E-state index contributed by atoms with van der Waals surface area (Å²) in [6, 6.07) is 4.36. The molecule has 1 aromatic carbocycles. The van der Waals surface area contributed by atoms with Gasteiger partial charge >= 0.3 is 0 Å². The topological polar surface area (TPSA) is 113 Å². The Morgan fingerprint density at radius 2 is 1.73 bits per heavy atom. The zero-order valence-electron chi connectivity index (χ0n) is 16.7. The SMILES string of the molecule is CCS(=O)(=O)N1CCC(C(=O)Nc2ccc(Cl)c(S(=O)(=O)N3CCOCC3)c2)CC1. The molecule has 0 atom stereocenters. The molecule has 0 spiro atoms. The number of sulfonamides is 2. The highest BCUT2D eigenvalue weighted by Gasteiger charge is 2.31. The van der Waals surface area contributed by atoms with Gasteiger partial charge in [-0.2, -0.15) is 4.31 Å². The minimum absolute atomic E-state index is 0.0367. The maximum atomic E-state index is 12.9. The van der Waals surface area contributed by atoms with E-state index in [1.54, 1.807) is 13.0 Å². The van der Waals surface area contributed by atoms with Crippen molar-refractivity contribution in [3.63, 3.8) is 0 Å². The van der Waals surface area contributed by atoms with Crippen LogP contribution < -0.4 is 5.32 Å². The van der Waals surface area contributed by atoms with Crippen LogP contribution >= 0.6 is 11.6 Å². The van der Waals surface area contributed by atoms with Crippen molar-refractivity contribution in [1.82, 2.24) is 8.61 Å². The van der Waals surface area contributed by atoms with Gasteiger partial charge in [-0.1, -0.05) is 11.6 Å². The van der Waals surface area contributed by atoms with E-state index in [0.29, 0.717) is 44.8 Å². The summed E-state index contributed by atoms with van der Waals surface area (Å²) >= 11 is 6.15. The van der Waals surface area contributed by atoms with Crippen LogP contribution in [0.1, 0.15) is 19.8 Å². The van der Waals surface area contributed by atoms with Gasteiger partial charge in [0, 0.05) is 37.8 Å². The van der Waals surface area contributed by atoms with Crippen LogP contribution in [0.4, 0.5) is 5.69 Å². The molecule has 3 rings (SSSR count). The number of morpholine rings is 1. The summed E-state index contributed by atoms with van der Waals surface area (Å²) in [5.74, 6) is -0.571. The largest absolute Gasteiger partial charge is 0.379 e. The number of nitrogens with one attached hydrogen (secondary N) is 1. The Bertz CT molecular complexity index is 985. The van der Waals surface area contributed by atoms with E-state index < -0.39 is 20.0 Å². The Labute approximate surface area is 182 Å². The fourth-order valence-corrected chi connectivity index (χ4v) is 6.57. The van der Waals surface area contributed by atoms with E-state index in [1.807, 2.05) is 0 Å². The Balaban J connectivity index is 1.69. The van der Waals surface area contributed by atoms with E-state index >= 15 is 0 Å². The standard InChI is InChI=1S/C18H26ClN3O6S2/c1-2-29(24,25)21-7-5-14(6-8-21)18(23)20-15-3-4-16(19)17(13-15)30(26,27)22-9-11-28-12-10-22/h3-4,13-14H,2,5-12H2,1H3,(H,20,23). The number of carbonyl (C=O) groups is 1. The lowest BCUT2D eigenvalue weighted by Crippen LogP contribution is -2.42. The van der Waals surface area contributed by atoms with Crippen molar-refractivity contribution in [2.45, 2.75) is 24.7 Å². The van der Waals surface area contributed by atoms with Crippen LogP contribution in [0.25, 0.3) is 0 Å². The highest BCUT2D eigenvalue weighted by atomic mass is 35.5. The van der Waals surface area contributed by atoms with Crippen LogP contribution in [0, 0.1) is 5.92 Å². The van der Waals surface area contributed by atoms with Crippen molar-refractivity contribution in [3.05, 3.63) is 23.2 Å². The van der Waals surface area contributed by atoms with Crippen LogP contribution in [-0.2, 0) is 29.6 Å². The highest BCUT2D eigenvalue weighted by molar-refractivity contribution is 7.89. The number of nitrogens with zero attached hydrogens (tertiary/aromatic N) is 2. The summed E-state index contributed by atoms with van der Waals surface area (Å²) < 4.78 is 57.7. The van der Waals surface area contributed by atoms with E-state index in [4.69, 9.17) is 16.3 Å². The second-order valence-electron chi connectivity index (χ2n) is 7.22. The van der Waals surface area contributed by atoms with E-state index in [9.17, 15) is 21.6 Å². The molecule has 0 saturated carbocycles. The fourth-order valence-electron chi connectivity index (χ4n) is 3.53. The molecule has 2 aliphatic rings. The average Bonchev–Trinajstić information content (AvgIpc) is 2.75. The predicted octanol–water partition coefficient (Wildman–Crippen LogP) is 1.36. The van der Waals surface area contributed by atoms with Crippen molar-refractivity contribution >= 4 is 43.2 Å². The van der Waals surface area contributed by atoms with Gasteiger partial charge in [0.05, 0.1) is 24.0 Å². The molecule has 1 amide bonds. The molecule has 168 valence electrons. The predicted molar refractivity (Wildman–Crippen MR) is 113 cm³/mol. The van der Waals surface area contributed by atoms with Crippen LogP contribution in [0.3, 0.4) is 0 Å². The molecule has 30 heavy (non-hydrogen) atoms. The van der Waals surface area contributed by atoms with Gasteiger partial charge in [-0.3, -0.25) is 4.79 Å². The van der Waals surface area contributed by atoms with Crippen molar-refractivity contribution in [1.29, 1.82) is 0 Å². The normalized spacial score (nSPS) is 20.2. The Kier molecular flexibility index (Phi) is 7.41. The third-order valence-corrected chi connectivity index (χ3v) is 9.63. The highest BCUT2D eigenvalue weighted by Crippen LogP contribution is 2.29. The van der Waals surface area contributed by atoms with Gasteiger partial charge in [-0.05, 0) is 38.0 Å². The number of halogens is 1. The molecule has 9 nitrogen and oxygen atoms in total. The van der Waals surface area contributed by atoms with Gasteiger partial charge in [0.15, 0.2) is 0 Å². The number of hydrogen-bond donors (Lipinski definition) is 1. The number of piperidine rings is 1. The number of anilines is 1. The first-order chi connectivity index (χ1) is 14.1. The van der Waals surface area contributed by atoms with Crippen LogP contribution in [0.15, 0.2) is 23.1 Å². The average molecular weight is 480 g/mol. The lowest BCUT2D eigenvalue weighted by atomic mass is 9.97. The summed E-state index contributed by atoms with van der Waals surface area (Å²) in [6.45, 7) is 3.32. The van der Waals surface area contributed by atoms with Crippen molar-refractivity contribution in [2.75, 3.05) is 50.5 Å². The molecule has 0 aliphatic carbocycles. The smallest absolute Gasteiger partial charge is 0.244 e. The molecular weight excluding hydrogens is 454 g/mol. The van der Waals surface area contributed by atoms with Gasteiger partial charge in [-0.25, -0.2) is 21.1 Å². The quantitative estimate of drug-likeness (QED) is 0.659. The maximum Gasteiger partial charge on any atom is 0.244 e. The third-order valence-electron chi connectivity index (χ3n) is 5.37. The van der Waals surface area contributed by atoms with Crippen LogP contribution in [0.2, 0.25) is 5.02 Å². The molecule has 2 saturated heterocycles. The maximum absolute atomic E-state index is 12.9. The zero-order valence-corrected chi connectivity index (χ0v) is 19.1. The first-order valence-corrected chi connectivity index (χ1v) is 13.2. The van der Waals surface area contributed by atoms with Crippen molar-refractivity contribution < 1.29 is 26.4 Å². The lowest BCUT2D eigenvalue weighted by Gasteiger charge is -2.30. The second kappa shape index (κ2) is 9.49. The van der Waals surface area contributed by atoms with Crippen molar-refractivity contribution in [2.24, 2.45) is 5.92 Å². The molecule has 0 aromatic heterocycles. The van der Waals surface area contributed by atoms with Gasteiger partial charge in [0.2, 0.25) is 26.0 Å². The van der Waals surface area contributed by atoms with Crippen LogP contribution in [-0.4, -0.2) is 76.5 Å². The summed E-state index contributed by atoms with van der Waals surface area (Å²) in [7, 11) is -7.07. The minimum Gasteiger partial charge on any atom is -0.379 e. The van der Waals surface area contributed by atoms with E-state index in [-0.39, 0.29) is 40.6 Å². The second-order valence-corrected chi connectivity index (χ2v) is 11.8. The Morgan fingerprint density at radius 3 is 2.33 bits per heavy atom. The minimum atomic E-state index is -3.81. The number of hydrogen-bond acceptors (Lipinski definition) is 6. The molecular formula is C18H26ClN3O6S2. The Morgan fingerprint density at radius 1 is 1.10 bits per heavy atom. The van der Waals surface area contributed by atoms with Gasteiger partial charge in [0.25, 0.3) is 0 Å². The van der Waals surface area contributed by atoms with E-state index in [2.05, 4.69) is 5.32 Å². The zero-order chi connectivity index (χ0) is 21.9. The van der Waals surface area contributed by atoms with Gasteiger partial charge in [0.1, 0.15) is 4.90 Å². The molecule has 2 aliphatic heterocycles. The molecule has 1 aromatic rings. The van der Waals surface area contributed by atoms with Crippen molar-refractivity contribution in [3.8, 4) is 0 Å². The number of rotatable bonds is 6. The summed E-state index contributed by atoms with van der Waals surface area (Å²) in [5.41, 5.74) is 0.333. The molecule has 2 fully saturated rings. The summed E-state index contributed by atoms with van der Waals surface area (Å²) in [5, 5.41) is 2.83. The number of benzene rings is 1. The summed E-state index contributed by atoms with van der Waals surface area (Å²) in [6.07, 6.45) is 0.829. The van der Waals surface area contributed by atoms with E-state index in [0.717, 1.165) is 0 Å². The molecule has 0 bridgehead atoms. The van der Waals surface area contributed by atoms with Gasteiger partial charge < -0.3 is 10.1 Å². The fraction of sp³-hybridized carbons (Fsp3) is 0.611. The molecule has 12 heteroatoms. The monoisotopic (exact) mass is 479 g/mol. The molecule has 0 radical (unpaired) electrons. The Hall–Kier alpha value is -1.24. The van der Waals surface area contributed by atoms with Gasteiger partial charge in [-0.15, -0.1) is 0 Å². The first-order valence-electron chi connectivity index (χ1n) is 9.81. The number of carbonyl (C=O) groups excluding carboxylic acids is 1. The van der Waals surface area contributed by atoms with E-state index in [1.165, 1.54) is 20.7 Å². The lowest BCUT2D eigenvalue weighted by molar-refractivity contribution is -0.120. The number of ether oxygens (including phenoxy) is 1. The third kappa shape index (κ3) is 5.14. The van der Waals surface area contributed by atoms with Crippen LogP contribution in [0.5, 0.6) is 0 Å². The number of amides is 1. The summed E-state index contributed by atoms with van der Waals surface area (Å²) in [4.78, 5) is 12.6. The molecule has 0 unspecified atom stereocenters. The molecule has 1 N–H and O–H groups in total. The first kappa shape index (κ1) is 23.4. The molecule has 2 heterocycles.